The number of phenolic OH excluding ortho intramolecular Hbond substituents is 1. The van der Waals surface area contributed by atoms with Crippen molar-refractivity contribution in [2.75, 3.05) is 10.5 Å². The van der Waals surface area contributed by atoms with Gasteiger partial charge in [-0.25, -0.2) is 8.42 Å². The standard InChI is InChI=1S/C13H14N2O3S/c1-9-2-5-11(6-3-9)19(17,18)15-12-8-10(14)4-7-13(12)16/h2-8,15-16H,14H2,1H3. The number of aryl methyl sites for hydroxylation is 1. The number of aromatic hydroxyl groups is 1. The van der Waals surface area contributed by atoms with Gasteiger partial charge in [-0.05, 0) is 37.3 Å². The van der Waals surface area contributed by atoms with Crippen LogP contribution in [0.5, 0.6) is 5.75 Å². The first-order chi connectivity index (χ1) is 8.88. The topological polar surface area (TPSA) is 92.4 Å². The van der Waals surface area contributed by atoms with Crippen LogP contribution in [0.2, 0.25) is 0 Å². The second-order valence-electron chi connectivity index (χ2n) is 4.20. The maximum absolute atomic E-state index is 12.1. The van der Waals surface area contributed by atoms with Gasteiger partial charge >= 0.3 is 0 Å². The number of nitrogens with one attached hydrogen (secondary N) is 1. The Balaban J connectivity index is 2.36. The largest absolute Gasteiger partial charge is 0.506 e. The number of anilines is 2. The first kappa shape index (κ1) is 13.2. The molecule has 2 rings (SSSR count). The zero-order chi connectivity index (χ0) is 14.0. The van der Waals surface area contributed by atoms with Crippen LogP contribution in [0.3, 0.4) is 0 Å². The molecule has 0 aliphatic carbocycles. The van der Waals surface area contributed by atoms with Crippen LogP contribution in [0.4, 0.5) is 11.4 Å². The average Bonchev–Trinajstić information content (AvgIpc) is 2.34. The molecule has 4 N–H and O–H groups in total. The zero-order valence-electron chi connectivity index (χ0n) is 10.3. The SMILES string of the molecule is Cc1ccc(S(=O)(=O)Nc2cc(N)ccc2O)cc1. The fraction of sp³-hybridized carbons (Fsp3) is 0.0769. The zero-order valence-corrected chi connectivity index (χ0v) is 11.1. The van der Waals surface area contributed by atoms with E-state index >= 15 is 0 Å². The molecule has 0 saturated heterocycles. The van der Waals surface area contributed by atoms with E-state index in [2.05, 4.69) is 4.72 Å². The van der Waals surface area contributed by atoms with Gasteiger partial charge in [0.1, 0.15) is 5.75 Å². The molecule has 0 saturated carbocycles. The minimum atomic E-state index is -3.73. The highest BCUT2D eigenvalue weighted by Crippen LogP contribution is 2.27. The number of sulfonamides is 1. The Morgan fingerprint density at radius 3 is 2.37 bits per heavy atom. The van der Waals surface area contributed by atoms with E-state index < -0.39 is 10.0 Å². The van der Waals surface area contributed by atoms with Crippen LogP contribution < -0.4 is 10.5 Å². The molecule has 100 valence electrons. The summed E-state index contributed by atoms with van der Waals surface area (Å²) in [6, 6.07) is 10.6. The lowest BCUT2D eigenvalue weighted by Gasteiger charge is -2.10. The van der Waals surface area contributed by atoms with Crippen LogP contribution in [-0.2, 0) is 10.0 Å². The van der Waals surface area contributed by atoms with Crippen molar-refractivity contribution < 1.29 is 13.5 Å². The van der Waals surface area contributed by atoms with Gasteiger partial charge in [0.25, 0.3) is 10.0 Å². The third kappa shape index (κ3) is 2.97. The van der Waals surface area contributed by atoms with Crippen LogP contribution in [0.15, 0.2) is 47.4 Å². The third-order valence-corrected chi connectivity index (χ3v) is 3.98. The lowest BCUT2D eigenvalue weighted by Crippen LogP contribution is -2.13. The summed E-state index contributed by atoms with van der Waals surface area (Å²) in [5.74, 6) is -0.176. The Morgan fingerprint density at radius 2 is 1.74 bits per heavy atom. The number of nitrogens with two attached hydrogens (primary N) is 1. The fourth-order valence-corrected chi connectivity index (χ4v) is 2.62. The average molecular weight is 278 g/mol. The summed E-state index contributed by atoms with van der Waals surface area (Å²) >= 11 is 0. The maximum atomic E-state index is 12.1. The maximum Gasteiger partial charge on any atom is 0.262 e. The normalized spacial score (nSPS) is 11.2. The van der Waals surface area contributed by atoms with Crippen LogP contribution >= 0.6 is 0 Å². The number of phenols is 1. The van der Waals surface area contributed by atoms with Crippen molar-refractivity contribution in [3.8, 4) is 5.75 Å². The Labute approximate surface area is 111 Å². The summed E-state index contributed by atoms with van der Waals surface area (Å²) in [5.41, 5.74) is 6.94. The second-order valence-corrected chi connectivity index (χ2v) is 5.88. The van der Waals surface area contributed by atoms with Gasteiger partial charge < -0.3 is 10.8 Å². The van der Waals surface area contributed by atoms with E-state index in [4.69, 9.17) is 5.73 Å². The van der Waals surface area contributed by atoms with Gasteiger partial charge in [-0.2, -0.15) is 0 Å². The van der Waals surface area contributed by atoms with Gasteiger partial charge in [0.15, 0.2) is 0 Å². The quantitative estimate of drug-likeness (QED) is 0.455. The molecular formula is C13H14N2O3S. The second kappa shape index (κ2) is 4.81. The van der Waals surface area contributed by atoms with E-state index in [1.165, 1.54) is 30.3 Å². The van der Waals surface area contributed by atoms with E-state index in [0.29, 0.717) is 5.69 Å². The molecule has 0 heterocycles. The molecule has 0 aromatic heterocycles. The molecule has 6 heteroatoms. The first-order valence-corrected chi connectivity index (χ1v) is 7.05. The lowest BCUT2D eigenvalue weighted by atomic mass is 10.2. The Bertz CT molecular complexity index is 694. The van der Waals surface area contributed by atoms with Crippen LogP contribution in [0.1, 0.15) is 5.56 Å². The predicted molar refractivity (Wildman–Crippen MR) is 74.5 cm³/mol. The molecule has 0 radical (unpaired) electrons. The summed E-state index contributed by atoms with van der Waals surface area (Å²) < 4.78 is 26.5. The highest BCUT2D eigenvalue weighted by atomic mass is 32.2. The van der Waals surface area contributed by atoms with Crippen molar-refractivity contribution in [1.29, 1.82) is 0 Å². The van der Waals surface area contributed by atoms with E-state index in [9.17, 15) is 13.5 Å². The Morgan fingerprint density at radius 1 is 1.11 bits per heavy atom. The van der Waals surface area contributed by atoms with Crippen molar-refractivity contribution >= 4 is 21.4 Å². The predicted octanol–water partition coefficient (Wildman–Crippen LogP) is 2.08. The van der Waals surface area contributed by atoms with Gasteiger partial charge in [0.2, 0.25) is 0 Å². The summed E-state index contributed by atoms with van der Waals surface area (Å²) in [5, 5.41) is 9.61. The summed E-state index contributed by atoms with van der Waals surface area (Å²) in [6.07, 6.45) is 0. The number of hydrogen-bond acceptors (Lipinski definition) is 4. The first-order valence-electron chi connectivity index (χ1n) is 5.56. The van der Waals surface area contributed by atoms with E-state index in [0.717, 1.165) is 5.56 Å². The molecule has 0 amide bonds. The van der Waals surface area contributed by atoms with Crippen LogP contribution in [-0.4, -0.2) is 13.5 Å². The highest BCUT2D eigenvalue weighted by Gasteiger charge is 2.15. The van der Waals surface area contributed by atoms with Gasteiger partial charge in [-0.1, -0.05) is 17.7 Å². The molecule has 0 aliphatic heterocycles. The lowest BCUT2D eigenvalue weighted by molar-refractivity contribution is 0.477. The van der Waals surface area contributed by atoms with Crippen LogP contribution in [0.25, 0.3) is 0 Å². The molecule has 0 unspecified atom stereocenters. The molecule has 2 aromatic rings. The van der Waals surface area contributed by atoms with Crippen molar-refractivity contribution in [2.45, 2.75) is 11.8 Å². The minimum Gasteiger partial charge on any atom is -0.506 e. The summed E-state index contributed by atoms with van der Waals surface area (Å²) in [4.78, 5) is 0.125. The van der Waals surface area contributed by atoms with Crippen LogP contribution in [0, 0.1) is 6.92 Å². The third-order valence-electron chi connectivity index (χ3n) is 2.60. The fourth-order valence-electron chi connectivity index (χ4n) is 1.56. The smallest absolute Gasteiger partial charge is 0.262 e. The molecule has 0 bridgehead atoms. The van der Waals surface area contributed by atoms with E-state index in [1.807, 2.05) is 6.92 Å². The summed E-state index contributed by atoms with van der Waals surface area (Å²) in [7, 11) is -3.73. The van der Waals surface area contributed by atoms with Gasteiger partial charge in [-0.15, -0.1) is 0 Å². The number of hydrogen-bond donors (Lipinski definition) is 3. The van der Waals surface area contributed by atoms with Crippen molar-refractivity contribution in [1.82, 2.24) is 0 Å². The molecule has 0 fully saturated rings. The van der Waals surface area contributed by atoms with Crippen molar-refractivity contribution in [2.24, 2.45) is 0 Å². The molecule has 19 heavy (non-hydrogen) atoms. The van der Waals surface area contributed by atoms with Crippen molar-refractivity contribution in [3.05, 3.63) is 48.0 Å². The van der Waals surface area contributed by atoms with Gasteiger partial charge in [0.05, 0.1) is 10.6 Å². The minimum absolute atomic E-state index is 0.0561. The van der Waals surface area contributed by atoms with Gasteiger partial charge in [0, 0.05) is 5.69 Å². The van der Waals surface area contributed by atoms with E-state index in [1.54, 1.807) is 12.1 Å². The molecular weight excluding hydrogens is 264 g/mol. The highest BCUT2D eigenvalue weighted by molar-refractivity contribution is 7.92. The number of benzene rings is 2. The summed E-state index contributed by atoms with van der Waals surface area (Å²) in [6.45, 7) is 1.87. The number of rotatable bonds is 3. The van der Waals surface area contributed by atoms with Crippen molar-refractivity contribution in [3.63, 3.8) is 0 Å². The monoisotopic (exact) mass is 278 g/mol. The van der Waals surface area contributed by atoms with E-state index in [-0.39, 0.29) is 16.3 Å². The Kier molecular flexibility index (Phi) is 3.35. The molecule has 2 aromatic carbocycles. The number of nitrogen functional groups attached to an aromatic ring is 1. The molecule has 0 aliphatic rings. The Hall–Kier alpha value is -2.21. The molecule has 5 nitrogen and oxygen atoms in total. The molecule has 0 spiro atoms. The van der Waals surface area contributed by atoms with Gasteiger partial charge in [-0.3, -0.25) is 4.72 Å². The molecule has 0 atom stereocenters.